The monoisotopic (exact) mass is 552 g/mol. The Hall–Kier alpha value is -3.39. The van der Waals surface area contributed by atoms with Crippen LogP contribution in [0.3, 0.4) is 0 Å². The number of nitrogen functional groups attached to an aromatic ring is 1. The van der Waals surface area contributed by atoms with Crippen LogP contribution in [0.5, 0.6) is 0 Å². The molecule has 0 radical (unpaired) electrons. The lowest BCUT2D eigenvalue weighted by Crippen LogP contribution is -2.51. The first-order valence-electron chi connectivity index (χ1n) is 12.5. The van der Waals surface area contributed by atoms with Crippen LogP contribution < -0.4 is 16.0 Å². The minimum atomic E-state index is -0.763. The molecule has 4 aromatic rings. The molecule has 2 aliphatic heterocycles. The summed E-state index contributed by atoms with van der Waals surface area (Å²) >= 11 is 7.65. The number of hydrogen-bond acceptors (Lipinski definition) is 8. The first-order valence-corrected chi connectivity index (χ1v) is 13.6. The number of thiophene rings is 1. The molecule has 11 heteroatoms. The topological polar surface area (TPSA) is 108 Å². The van der Waals surface area contributed by atoms with Crippen molar-refractivity contribution in [1.82, 2.24) is 15.3 Å². The molecule has 0 aliphatic carbocycles. The number of ketones is 1. The van der Waals surface area contributed by atoms with Gasteiger partial charge in [0.05, 0.1) is 15.3 Å². The maximum atomic E-state index is 16.5. The maximum absolute atomic E-state index is 16.5. The molecule has 2 aromatic heterocycles. The zero-order chi connectivity index (χ0) is 26.7. The Bertz CT molecular complexity index is 1670. The summed E-state index contributed by atoms with van der Waals surface area (Å²) in [5.41, 5.74) is 6.22. The highest BCUT2D eigenvalue weighted by atomic mass is 35.5. The minimum Gasteiger partial charge on any atom is -0.389 e. The number of fused-ring (bicyclic) bond motifs is 4. The first kappa shape index (κ1) is 24.9. The number of halogens is 3. The van der Waals surface area contributed by atoms with Gasteiger partial charge in [0.25, 0.3) is 0 Å². The van der Waals surface area contributed by atoms with E-state index in [-0.39, 0.29) is 72.4 Å². The van der Waals surface area contributed by atoms with Gasteiger partial charge in [-0.3, -0.25) is 4.79 Å². The molecule has 38 heavy (non-hydrogen) atoms. The number of piperazine rings is 1. The highest BCUT2D eigenvalue weighted by Crippen LogP contribution is 2.45. The van der Waals surface area contributed by atoms with E-state index in [2.05, 4.69) is 20.2 Å². The maximum Gasteiger partial charge on any atom is 0.200 e. The number of nitriles is 1. The molecule has 0 amide bonds. The molecule has 0 saturated carbocycles. The van der Waals surface area contributed by atoms with Gasteiger partial charge < -0.3 is 16.0 Å². The van der Waals surface area contributed by atoms with Crippen molar-refractivity contribution in [3.8, 4) is 17.2 Å². The molecule has 2 aliphatic rings. The Kier molecular flexibility index (Phi) is 6.17. The number of carbonyl (C=O) groups is 1. The standard InChI is InChI=1S/C27H23ClF2N6OS/c1-2-3-19(37)26-34-23-15(27(35-26)36-10-12-4-5-13(11-36)33-12)8-17(28)21(22(23)30)14-6-7-18(29)24-20(14)16(9-31)25(32)38-24/h6-8,12-13,33H,2-5,10-11,32H2,1H3. The van der Waals surface area contributed by atoms with Crippen LogP contribution in [0.2, 0.25) is 5.02 Å². The number of nitrogens with zero attached hydrogens (tertiary/aromatic N) is 4. The summed E-state index contributed by atoms with van der Waals surface area (Å²) in [6, 6.07) is 6.77. The molecule has 0 spiro atoms. The van der Waals surface area contributed by atoms with Crippen molar-refractivity contribution in [2.45, 2.75) is 44.7 Å². The molecule has 2 unspecified atom stereocenters. The van der Waals surface area contributed by atoms with Gasteiger partial charge in [-0.15, -0.1) is 11.3 Å². The third kappa shape index (κ3) is 3.88. The Morgan fingerprint density at radius 1 is 1.29 bits per heavy atom. The number of benzene rings is 2. The van der Waals surface area contributed by atoms with E-state index in [9.17, 15) is 14.4 Å². The molecule has 2 saturated heterocycles. The van der Waals surface area contributed by atoms with Gasteiger partial charge in [0.1, 0.15) is 28.2 Å². The van der Waals surface area contributed by atoms with Gasteiger partial charge in [-0.1, -0.05) is 24.6 Å². The zero-order valence-corrected chi connectivity index (χ0v) is 22.0. The van der Waals surface area contributed by atoms with Crippen molar-refractivity contribution >= 4 is 60.5 Å². The highest BCUT2D eigenvalue weighted by Gasteiger charge is 2.34. The average molecular weight is 553 g/mol. The third-order valence-electron chi connectivity index (χ3n) is 7.30. The summed E-state index contributed by atoms with van der Waals surface area (Å²) in [5.74, 6) is -1.17. The van der Waals surface area contributed by atoms with Crippen LogP contribution in [0.15, 0.2) is 18.2 Å². The summed E-state index contributed by atoms with van der Waals surface area (Å²) in [5, 5.41) is 14.1. The lowest BCUT2D eigenvalue weighted by molar-refractivity contribution is 0.0972. The fourth-order valence-electron chi connectivity index (χ4n) is 5.61. The van der Waals surface area contributed by atoms with E-state index < -0.39 is 11.6 Å². The van der Waals surface area contributed by atoms with Crippen molar-refractivity contribution in [1.29, 1.82) is 5.26 Å². The van der Waals surface area contributed by atoms with E-state index in [0.717, 1.165) is 24.2 Å². The second kappa shape index (κ2) is 9.42. The first-order chi connectivity index (χ1) is 18.3. The normalized spacial score (nSPS) is 18.9. The van der Waals surface area contributed by atoms with Crippen molar-refractivity contribution in [2.24, 2.45) is 0 Å². The Balaban J connectivity index is 1.63. The number of hydrogen-bond donors (Lipinski definition) is 2. The molecular formula is C27H23ClF2N6OS. The van der Waals surface area contributed by atoms with Gasteiger partial charge in [-0.05, 0) is 37.0 Å². The van der Waals surface area contributed by atoms with Gasteiger partial charge in [0.15, 0.2) is 17.4 Å². The third-order valence-corrected chi connectivity index (χ3v) is 8.63. The molecule has 3 N–H and O–H groups in total. The van der Waals surface area contributed by atoms with Crippen LogP contribution in [0.4, 0.5) is 19.6 Å². The molecule has 2 bridgehead atoms. The van der Waals surface area contributed by atoms with Gasteiger partial charge in [-0.2, -0.15) is 5.26 Å². The van der Waals surface area contributed by atoms with Crippen LogP contribution in [-0.2, 0) is 0 Å². The number of carbonyl (C=O) groups excluding carboxylic acids is 1. The minimum absolute atomic E-state index is 0.0302. The summed E-state index contributed by atoms with van der Waals surface area (Å²) in [6.07, 6.45) is 2.91. The number of aromatic nitrogens is 2. The smallest absolute Gasteiger partial charge is 0.200 e. The Morgan fingerprint density at radius 2 is 2.03 bits per heavy atom. The molecule has 2 atom stereocenters. The molecule has 4 heterocycles. The predicted molar refractivity (Wildman–Crippen MR) is 146 cm³/mol. The predicted octanol–water partition coefficient (Wildman–Crippen LogP) is 5.82. The van der Waals surface area contributed by atoms with Crippen LogP contribution in [-0.4, -0.2) is 40.9 Å². The van der Waals surface area contributed by atoms with Crippen molar-refractivity contribution in [3.63, 3.8) is 0 Å². The molecule has 2 aromatic carbocycles. The molecule has 2 fully saturated rings. The van der Waals surface area contributed by atoms with Crippen molar-refractivity contribution in [3.05, 3.63) is 46.2 Å². The van der Waals surface area contributed by atoms with E-state index in [1.807, 2.05) is 13.0 Å². The summed E-state index contributed by atoms with van der Waals surface area (Å²) < 4.78 is 31.3. The van der Waals surface area contributed by atoms with Crippen LogP contribution >= 0.6 is 22.9 Å². The van der Waals surface area contributed by atoms with Crippen LogP contribution in [0, 0.1) is 23.0 Å². The van der Waals surface area contributed by atoms with Crippen molar-refractivity contribution in [2.75, 3.05) is 23.7 Å². The number of rotatable bonds is 5. The average Bonchev–Trinajstić information content (AvgIpc) is 3.42. The fourth-order valence-corrected chi connectivity index (χ4v) is 6.85. The van der Waals surface area contributed by atoms with E-state index in [0.29, 0.717) is 30.7 Å². The number of Topliss-reactive ketones (excluding diaryl/α,β-unsaturated/α-hetero) is 1. The van der Waals surface area contributed by atoms with E-state index >= 15 is 4.39 Å². The van der Waals surface area contributed by atoms with Crippen LogP contribution in [0.25, 0.3) is 32.1 Å². The number of nitrogens with two attached hydrogens (primary N) is 1. The molecule has 6 rings (SSSR count). The SMILES string of the molecule is CCCC(=O)c1nc(N2CC3CCC(C2)N3)c2cc(Cl)c(-c3ccc(F)c4sc(N)c(C#N)c34)c(F)c2n1. The molecular weight excluding hydrogens is 530 g/mol. The van der Waals surface area contributed by atoms with Gasteiger partial charge >= 0.3 is 0 Å². The van der Waals surface area contributed by atoms with Crippen molar-refractivity contribution < 1.29 is 13.6 Å². The Morgan fingerprint density at radius 3 is 2.71 bits per heavy atom. The number of anilines is 2. The summed E-state index contributed by atoms with van der Waals surface area (Å²) in [7, 11) is 0. The molecule has 194 valence electrons. The zero-order valence-electron chi connectivity index (χ0n) is 20.4. The second-order valence-corrected chi connectivity index (χ2v) is 11.2. The van der Waals surface area contributed by atoms with E-state index in [4.69, 9.17) is 17.3 Å². The highest BCUT2D eigenvalue weighted by molar-refractivity contribution is 7.23. The van der Waals surface area contributed by atoms with Gasteiger partial charge in [-0.25, -0.2) is 18.7 Å². The quantitative estimate of drug-likeness (QED) is 0.300. The lowest BCUT2D eigenvalue weighted by atomic mass is 9.97. The number of nitrogens with one attached hydrogen (secondary N) is 1. The lowest BCUT2D eigenvalue weighted by Gasteiger charge is -2.34. The largest absolute Gasteiger partial charge is 0.389 e. The van der Waals surface area contributed by atoms with E-state index in [1.54, 1.807) is 6.07 Å². The Labute approximate surface area is 226 Å². The molecule has 7 nitrogen and oxygen atoms in total. The summed E-state index contributed by atoms with van der Waals surface area (Å²) in [4.78, 5) is 24.0. The van der Waals surface area contributed by atoms with Crippen LogP contribution in [0.1, 0.15) is 48.8 Å². The summed E-state index contributed by atoms with van der Waals surface area (Å²) in [6.45, 7) is 3.22. The fraction of sp³-hybridized carbons (Fsp3) is 0.333. The van der Waals surface area contributed by atoms with Gasteiger partial charge in [0.2, 0.25) is 0 Å². The van der Waals surface area contributed by atoms with E-state index in [1.165, 1.54) is 12.1 Å². The second-order valence-electron chi connectivity index (χ2n) is 9.78. The van der Waals surface area contributed by atoms with Gasteiger partial charge in [0, 0.05) is 47.9 Å².